The van der Waals surface area contributed by atoms with Crippen molar-refractivity contribution >= 4 is 28.9 Å². The molecule has 2 aromatic carbocycles. The van der Waals surface area contributed by atoms with E-state index in [4.69, 9.17) is 20.9 Å². The van der Waals surface area contributed by atoms with Gasteiger partial charge in [0.2, 0.25) is 11.7 Å². The van der Waals surface area contributed by atoms with Gasteiger partial charge in [0.1, 0.15) is 5.75 Å². The van der Waals surface area contributed by atoms with E-state index in [9.17, 15) is 4.79 Å². The third-order valence-electron chi connectivity index (χ3n) is 4.22. The number of ether oxygens (including phenoxy) is 1. The van der Waals surface area contributed by atoms with Gasteiger partial charge in [0.25, 0.3) is 5.91 Å². The maximum Gasteiger partial charge on any atom is 0.262 e. The molecule has 4 rings (SSSR count). The summed E-state index contributed by atoms with van der Waals surface area (Å²) in [5.41, 5.74) is 3.36. The van der Waals surface area contributed by atoms with E-state index >= 15 is 0 Å². The van der Waals surface area contributed by atoms with Crippen LogP contribution in [0.1, 0.15) is 18.4 Å². The Bertz CT molecular complexity index is 985. The molecule has 8 heteroatoms. The van der Waals surface area contributed by atoms with E-state index in [0.29, 0.717) is 40.4 Å². The molecule has 1 aliphatic rings. The second-order valence-corrected chi connectivity index (χ2v) is 6.49. The number of carbonyl (C=O) groups excluding carboxylic acids is 1. The molecule has 2 N–H and O–H groups in total. The summed E-state index contributed by atoms with van der Waals surface area (Å²) in [7, 11) is 0. The summed E-state index contributed by atoms with van der Waals surface area (Å²) in [5, 5.41) is 10.3. The number of benzene rings is 2. The Labute approximate surface area is 160 Å². The zero-order valence-electron chi connectivity index (χ0n) is 14.6. The minimum Gasteiger partial charge on any atom is -0.482 e. The summed E-state index contributed by atoms with van der Waals surface area (Å²) >= 11 is 6.27. The van der Waals surface area contributed by atoms with Crippen molar-refractivity contribution in [2.75, 3.05) is 17.2 Å². The molecular formula is C19H17ClN4O3. The number of carbonyl (C=O) groups is 1. The highest BCUT2D eigenvalue weighted by molar-refractivity contribution is 6.33. The summed E-state index contributed by atoms with van der Waals surface area (Å²) in [6, 6.07) is 11.4. The Morgan fingerprint density at radius 3 is 2.85 bits per heavy atom. The van der Waals surface area contributed by atoms with Crippen LogP contribution in [0.25, 0.3) is 11.4 Å². The molecule has 0 radical (unpaired) electrons. The fourth-order valence-corrected chi connectivity index (χ4v) is 2.97. The van der Waals surface area contributed by atoms with Crippen LogP contribution >= 0.6 is 11.6 Å². The van der Waals surface area contributed by atoms with Gasteiger partial charge in [-0.15, -0.1) is 0 Å². The second-order valence-electron chi connectivity index (χ2n) is 6.08. The smallest absolute Gasteiger partial charge is 0.262 e. The van der Waals surface area contributed by atoms with Gasteiger partial charge in [-0.2, -0.15) is 4.98 Å². The summed E-state index contributed by atoms with van der Waals surface area (Å²) in [6.45, 7) is 2.40. The van der Waals surface area contributed by atoms with Crippen molar-refractivity contribution in [2.45, 2.75) is 19.9 Å². The molecule has 0 bridgehead atoms. The zero-order valence-corrected chi connectivity index (χ0v) is 15.3. The minimum atomic E-state index is -0.204. The van der Waals surface area contributed by atoms with Crippen molar-refractivity contribution in [1.29, 1.82) is 0 Å². The molecule has 0 saturated heterocycles. The van der Waals surface area contributed by atoms with Gasteiger partial charge >= 0.3 is 0 Å². The number of hydrogen-bond acceptors (Lipinski definition) is 6. The fourth-order valence-electron chi connectivity index (χ4n) is 2.74. The quantitative estimate of drug-likeness (QED) is 0.693. The monoisotopic (exact) mass is 384 g/mol. The van der Waals surface area contributed by atoms with Gasteiger partial charge in [-0.25, -0.2) is 0 Å². The molecular weight excluding hydrogens is 368 g/mol. The topological polar surface area (TPSA) is 89.3 Å². The number of rotatable bonds is 5. The van der Waals surface area contributed by atoms with Crippen LogP contribution < -0.4 is 15.4 Å². The van der Waals surface area contributed by atoms with Crippen LogP contribution in [0.15, 0.2) is 40.9 Å². The summed E-state index contributed by atoms with van der Waals surface area (Å²) in [6.07, 6.45) is 0.983. The van der Waals surface area contributed by atoms with Crippen molar-refractivity contribution in [3.63, 3.8) is 0 Å². The second kappa shape index (κ2) is 7.28. The molecule has 27 heavy (non-hydrogen) atoms. The summed E-state index contributed by atoms with van der Waals surface area (Å²) in [4.78, 5) is 15.8. The molecule has 3 aromatic rings. The van der Waals surface area contributed by atoms with Crippen LogP contribution in [0, 0.1) is 0 Å². The van der Waals surface area contributed by atoms with Gasteiger partial charge in [-0.05, 0) is 18.1 Å². The number of aromatic nitrogens is 2. The Morgan fingerprint density at radius 1 is 1.26 bits per heavy atom. The Morgan fingerprint density at radius 2 is 2.07 bits per heavy atom. The van der Waals surface area contributed by atoms with E-state index in [2.05, 4.69) is 39.8 Å². The number of nitrogens with zero attached hydrogens (tertiary/aromatic N) is 2. The third-order valence-corrected chi connectivity index (χ3v) is 4.53. The van der Waals surface area contributed by atoms with E-state index in [1.807, 2.05) is 12.1 Å². The summed E-state index contributed by atoms with van der Waals surface area (Å²) < 4.78 is 10.7. The van der Waals surface area contributed by atoms with E-state index < -0.39 is 0 Å². The van der Waals surface area contributed by atoms with Crippen LogP contribution in [-0.4, -0.2) is 22.7 Å². The van der Waals surface area contributed by atoms with E-state index in [0.717, 1.165) is 12.0 Å². The Kier molecular flexibility index (Phi) is 4.68. The number of anilines is 2. The maximum absolute atomic E-state index is 11.4. The standard InChI is InChI=1S/C19H17ClN4O3/c1-2-11-3-5-12(6-4-11)19-23-18(27-24-19)9-21-14-8-16-15(7-13(14)20)22-17(25)10-26-16/h3-8,21H,2,9-10H2,1H3,(H,22,25). The van der Waals surface area contributed by atoms with Crippen LogP contribution in [0.5, 0.6) is 5.75 Å². The highest BCUT2D eigenvalue weighted by Gasteiger charge is 2.18. The van der Waals surface area contributed by atoms with Gasteiger partial charge in [0, 0.05) is 11.6 Å². The first-order valence-corrected chi connectivity index (χ1v) is 8.92. The van der Waals surface area contributed by atoms with Gasteiger partial charge in [0.05, 0.1) is 22.9 Å². The van der Waals surface area contributed by atoms with Crippen molar-refractivity contribution in [3.05, 3.63) is 52.9 Å². The zero-order chi connectivity index (χ0) is 18.8. The molecule has 0 unspecified atom stereocenters. The third kappa shape index (κ3) is 3.73. The van der Waals surface area contributed by atoms with Gasteiger partial charge in [-0.3, -0.25) is 4.79 Å². The van der Waals surface area contributed by atoms with Crippen molar-refractivity contribution in [3.8, 4) is 17.1 Å². The molecule has 138 valence electrons. The lowest BCUT2D eigenvalue weighted by Gasteiger charge is -2.19. The van der Waals surface area contributed by atoms with Crippen molar-refractivity contribution < 1.29 is 14.1 Å². The molecule has 0 spiro atoms. The van der Waals surface area contributed by atoms with Crippen LogP contribution in [0.2, 0.25) is 5.02 Å². The first kappa shape index (κ1) is 17.4. The Hall–Kier alpha value is -3.06. The van der Waals surface area contributed by atoms with Crippen molar-refractivity contribution in [1.82, 2.24) is 10.1 Å². The largest absolute Gasteiger partial charge is 0.482 e. The van der Waals surface area contributed by atoms with Gasteiger partial charge in [-0.1, -0.05) is 47.9 Å². The van der Waals surface area contributed by atoms with E-state index in [1.165, 1.54) is 5.56 Å². The maximum atomic E-state index is 11.4. The molecule has 1 amide bonds. The molecule has 1 aliphatic heterocycles. The number of fused-ring (bicyclic) bond motifs is 1. The van der Waals surface area contributed by atoms with Crippen LogP contribution in [0.4, 0.5) is 11.4 Å². The summed E-state index contributed by atoms with van der Waals surface area (Å²) in [5.74, 6) is 1.33. The predicted molar refractivity (Wildman–Crippen MR) is 102 cm³/mol. The minimum absolute atomic E-state index is 0.0160. The van der Waals surface area contributed by atoms with Gasteiger partial charge in [0.15, 0.2) is 6.61 Å². The molecule has 2 heterocycles. The number of hydrogen-bond donors (Lipinski definition) is 2. The lowest BCUT2D eigenvalue weighted by Crippen LogP contribution is -2.25. The van der Waals surface area contributed by atoms with Crippen LogP contribution in [0.3, 0.4) is 0 Å². The average Bonchev–Trinajstić information content (AvgIpc) is 3.15. The van der Waals surface area contributed by atoms with E-state index in [1.54, 1.807) is 12.1 Å². The number of halogens is 1. The molecule has 0 atom stereocenters. The SMILES string of the molecule is CCc1ccc(-c2noc(CNc3cc4c(cc3Cl)NC(=O)CO4)n2)cc1. The molecule has 0 aliphatic carbocycles. The first-order valence-electron chi connectivity index (χ1n) is 8.54. The lowest BCUT2D eigenvalue weighted by atomic mass is 10.1. The Balaban J connectivity index is 1.46. The number of aryl methyl sites for hydroxylation is 1. The molecule has 0 saturated carbocycles. The fraction of sp³-hybridized carbons (Fsp3) is 0.211. The van der Waals surface area contributed by atoms with Crippen LogP contribution in [-0.2, 0) is 17.8 Å². The predicted octanol–water partition coefficient (Wildman–Crippen LogP) is 3.90. The normalized spacial score (nSPS) is 12.9. The molecule has 7 nitrogen and oxygen atoms in total. The highest BCUT2D eigenvalue weighted by atomic mass is 35.5. The van der Waals surface area contributed by atoms with Gasteiger partial charge < -0.3 is 19.9 Å². The average molecular weight is 385 g/mol. The number of nitrogens with one attached hydrogen (secondary N) is 2. The number of amides is 1. The van der Waals surface area contributed by atoms with Crippen molar-refractivity contribution in [2.24, 2.45) is 0 Å². The first-order chi connectivity index (χ1) is 13.1. The molecule has 1 aromatic heterocycles. The van der Waals surface area contributed by atoms with E-state index in [-0.39, 0.29) is 12.5 Å². The highest BCUT2D eigenvalue weighted by Crippen LogP contribution is 2.36. The molecule has 0 fully saturated rings. The lowest BCUT2D eigenvalue weighted by molar-refractivity contribution is -0.118.